The summed E-state index contributed by atoms with van der Waals surface area (Å²) in [5.74, 6) is 0.130. The third-order valence-corrected chi connectivity index (χ3v) is 6.08. The number of carbonyl (C=O) groups is 1. The fourth-order valence-electron chi connectivity index (χ4n) is 1.44. The Morgan fingerprint density at radius 2 is 1.84 bits per heavy atom. The highest BCUT2D eigenvalue weighted by molar-refractivity contribution is 7.61. The van der Waals surface area contributed by atoms with Gasteiger partial charge in [0.05, 0.1) is 6.61 Å². The minimum Gasteiger partial charge on any atom is -0.465 e. The Morgan fingerprint density at radius 1 is 1.32 bits per heavy atom. The molecule has 0 rings (SSSR count). The molecule has 0 amide bonds. The number of nitrogens with zero attached hydrogens (tertiary/aromatic N) is 1. The quantitative estimate of drug-likeness (QED) is 0.372. The van der Waals surface area contributed by atoms with Gasteiger partial charge in [-0.05, 0) is 13.8 Å². The van der Waals surface area contributed by atoms with E-state index < -0.39 is 19.5 Å². The second-order valence-corrected chi connectivity index (χ2v) is 7.69. The molecule has 0 saturated heterocycles. The summed E-state index contributed by atoms with van der Waals surface area (Å²) in [5.41, 5.74) is -0.134. The van der Waals surface area contributed by atoms with Crippen molar-refractivity contribution in [1.82, 2.24) is 9.76 Å². The van der Waals surface area contributed by atoms with E-state index in [1.54, 1.807) is 18.5 Å². The Balaban J connectivity index is 4.82. The minimum absolute atomic E-state index is 0.134. The minimum atomic E-state index is -3.10. The molecule has 114 valence electrons. The lowest BCUT2D eigenvalue weighted by Gasteiger charge is -2.31. The van der Waals surface area contributed by atoms with Crippen molar-refractivity contribution in [1.29, 1.82) is 0 Å². The second kappa shape index (κ2) is 10.3. The molecule has 1 N–H and O–H groups in total. The van der Waals surface area contributed by atoms with Crippen molar-refractivity contribution in [2.24, 2.45) is 0 Å². The monoisotopic (exact) mass is 352 g/mol. The predicted octanol–water partition coefficient (Wildman–Crippen LogP) is 2.70. The van der Waals surface area contributed by atoms with Crippen LogP contribution < -0.4 is 5.09 Å². The van der Waals surface area contributed by atoms with E-state index in [9.17, 15) is 9.36 Å². The molecule has 0 aliphatic heterocycles. The first-order valence-electron chi connectivity index (χ1n) is 5.92. The summed E-state index contributed by atoms with van der Waals surface area (Å²) in [4.78, 5) is 11.6. The van der Waals surface area contributed by atoms with Crippen LogP contribution in [0.3, 0.4) is 0 Å². The van der Waals surface area contributed by atoms with Gasteiger partial charge in [0.1, 0.15) is 11.7 Å². The number of alkyl halides is 3. The standard InChI is InChI=1S/C10H20Cl3N2O3P/c1-3-18-10(16)9(2)14-19(17,8-13)15(6-4-11)7-5-12/h9H,3-8H2,1-2H3,(H,14,17). The molecule has 0 aromatic heterocycles. The molecule has 0 spiro atoms. The van der Waals surface area contributed by atoms with Crippen molar-refractivity contribution in [2.75, 3.05) is 37.1 Å². The van der Waals surface area contributed by atoms with E-state index in [2.05, 4.69) is 5.09 Å². The fourth-order valence-corrected chi connectivity index (χ4v) is 4.69. The SMILES string of the molecule is CCOC(=O)C(C)NP(=O)(CCl)N(CCCl)CCCl. The van der Waals surface area contributed by atoms with E-state index in [1.807, 2.05) is 0 Å². The van der Waals surface area contributed by atoms with E-state index in [4.69, 9.17) is 39.5 Å². The van der Waals surface area contributed by atoms with Gasteiger partial charge in [-0.3, -0.25) is 9.36 Å². The molecule has 0 saturated carbocycles. The van der Waals surface area contributed by atoms with Crippen LogP contribution in [0.2, 0.25) is 0 Å². The van der Waals surface area contributed by atoms with Crippen molar-refractivity contribution >= 4 is 48.2 Å². The molecule has 0 bridgehead atoms. The largest absolute Gasteiger partial charge is 0.465 e. The van der Waals surface area contributed by atoms with Gasteiger partial charge in [0, 0.05) is 24.8 Å². The summed E-state index contributed by atoms with van der Waals surface area (Å²) >= 11 is 17.1. The molecule has 9 heteroatoms. The van der Waals surface area contributed by atoms with Crippen molar-refractivity contribution in [3.8, 4) is 0 Å². The molecular weight excluding hydrogens is 333 g/mol. The third kappa shape index (κ3) is 6.65. The van der Waals surface area contributed by atoms with Crippen LogP contribution in [0.4, 0.5) is 0 Å². The van der Waals surface area contributed by atoms with Crippen LogP contribution in [0.15, 0.2) is 0 Å². The maximum absolute atomic E-state index is 12.7. The number of rotatable bonds is 10. The Hall–Kier alpha value is 0.490. The van der Waals surface area contributed by atoms with Gasteiger partial charge in [-0.2, -0.15) is 0 Å². The molecule has 0 aromatic carbocycles. The number of carbonyl (C=O) groups excluding carboxylic acids is 1. The van der Waals surface area contributed by atoms with E-state index in [1.165, 1.54) is 0 Å². The zero-order chi connectivity index (χ0) is 14.9. The number of nitrogens with one attached hydrogen (secondary N) is 1. The predicted molar refractivity (Wildman–Crippen MR) is 80.6 cm³/mol. The van der Waals surface area contributed by atoms with Crippen LogP contribution >= 0.6 is 42.2 Å². The summed E-state index contributed by atoms with van der Waals surface area (Å²) in [6.45, 7) is 4.31. The van der Waals surface area contributed by atoms with Gasteiger partial charge in [0.15, 0.2) is 0 Å². The molecule has 0 aromatic rings. The highest BCUT2D eigenvalue weighted by Gasteiger charge is 2.32. The van der Waals surface area contributed by atoms with Crippen molar-refractivity contribution in [3.63, 3.8) is 0 Å². The smallest absolute Gasteiger partial charge is 0.323 e. The van der Waals surface area contributed by atoms with Crippen molar-refractivity contribution in [2.45, 2.75) is 19.9 Å². The van der Waals surface area contributed by atoms with Crippen molar-refractivity contribution < 1.29 is 14.1 Å². The first kappa shape index (κ1) is 19.5. The Kier molecular flexibility index (Phi) is 10.5. The van der Waals surface area contributed by atoms with Gasteiger partial charge in [-0.15, -0.1) is 34.8 Å². The van der Waals surface area contributed by atoms with Gasteiger partial charge in [-0.25, -0.2) is 9.76 Å². The van der Waals surface area contributed by atoms with E-state index >= 15 is 0 Å². The van der Waals surface area contributed by atoms with Gasteiger partial charge < -0.3 is 4.74 Å². The second-order valence-electron chi connectivity index (χ2n) is 3.76. The van der Waals surface area contributed by atoms with Crippen LogP contribution in [0.5, 0.6) is 0 Å². The van der Waals surface area contributed by atoms with Crippen LogP contribution in [0.25, 0.3) is 0 Å². The molecule has 0 aliphatic carbocycles. The Morgan fingerprint density at radius 3 is 2.21 bits per heavy atom. The van der Waals surface area contributed by atoms with Gasteiger partial charge >= 0.3 is 5.97 Å². The zero-order valence-corrected chi connectivity index (χ0v) is 14.2. The molecular formula is C10H20Cl3N2O3P. The molecule has 5 nitrogen and oxygen atoms in total. The number of hydrogen-bond acceptors (Lipinski definition) is 3. The Labute approximate surface area is 129 Å². The normalized spacial score (nSPS) is 16.1. The summed E-state index contributed by atoms with van der Waals surface area (Å²) in [6.07, 6.45) is 0. The molecule has 0 aliphatic rings. The highest BCUT2D eigenvalue weighted by Crippen LogP contribution is 2.46. The first-order valence-corrected chi connectivity index (χ1v) is 9.36. The summed E-state index contributed by atoms with van der Waals surface area (Å²) in [5, 5.41) is 2.76. The van der Waals surface area contributed by atoms with Gasteiger partial charge in [-0.1, -0.05) is 0 Å². The van der Waals surface area contributed by atoms with E-state index in [-0.39, 0.29) is 12.2 Å². The number of hydrogen-bond donors (Lipinski definition) is 1. The molecule has 0 radical (unpaired) electrons. The summed E-state index contributed by atoms with van der Waals surface area (Å²) < 4.78 is 19.2. The lowest BCUT2D eigenvalue weighted by atomic mass is 10.4. The maximum atomic E-state index is 12.7. The third-order valence-electron chi connectivity index (χ3n) is 2.34. The molecule has 0 heterocycles. The lowest BCUT2D eigenvalue weighted by Crippen LogP contribution is -2.40. The highest BCUT2D eigenvalue weighted by atomic mass is 35.5. The van der Waals surface area contributed by atoms with E-state index in [0.717, 1.165) is 0 Å². The number of esters is 1. The van der Waals surface area contributed by atoms with Gasteiger partial charge in [0.25, 0.3) is 0 Å². The molecule has 2 unspecified atom stereocenters. The first-order chi connectivity index (χ1) is 8.95. The molecule has 19 heavy (non-hydrogen) atoms. The Bertz CT molecular complexity index is 314. The van der Waals surface area contributed by atoms with Crippen molar-refractivity contribution in [3.05, 3.63) is 0 Å². The molecule has 0 fully saturated rings. The lowest BCUT2D eigenvalue weighted by molar-refractivity contribution is -0.144. The summed E-state index contributed by atoms with van der Waals surface area (Å²) in [6, 6.07) is -0.710. The average molecular weight is 354 g/mol. The van der Waals surface area contributed by atoms with Crippen LogP contribution in [-0.2, 0) is 14.1 Å². The fraction of sp³-hybridized carbons (Fsp3) is 0.900. The van der Waals surface area contributed by atoms with Crippen LogP contribution in [-0.4, -0.2) is 53.8 Å². The van der Waals surface area contributed by atoms with E-state index in [0.29, 0.717) is 24.8 Å². The number of halogens is 3. The average Bonchev–Trinajstić information content (AvgIpc) is 2.38. The van der Waals surface area contributed by atoms with Crippen LogP contribution in [0, 0.1) is 0 Å². The number of ether oxygens (including phenoxy) is 1. The summed E-state index contributed by atoms with van der Waals surface area (Å²) in [7, 11) is -3.10. The topological polar surface area (TPSA) is 58.6 Å². The van der Waals surface area contributed by atoms with Crippen LogP contribution in [0.1, 0.15) is 13.8 Å². The zero-order valence-electron chi connectivity index (χ0n) is 11.1. The van der Waals surface area contributed by atoms with Gasteiger partial charge in [0.2, 0.25) is 7.44 Å². The maximum Gasteiger partial charge on any atom is 0.323 e. The molecule has 2 atom stereocenters.